The molecular formula is C16H16O5. The molecule has 0 aromatic heterocycles. The van der Waals surface area contributed by atoms with E-state index < -0.39 is 24.0 Å². The van der Waals surface area contributed by atoms with E-state index in [2.05, 4.69) is 18.6 Å². The fourth-order valence-corrected chi connectivity index (χ4v) is 3.26. The van der Waals surface area contributed by atoms with Crippen molar-refractivity contribution in [1.29, 1.82) is 0 Å². The van der Waals surface area contributed by atoms with Gasteiger partial charge in [-0.2, -0.15) is 0 Å². The Kier molecular flexibility index (Phi) is 2.90. The second-order valence-corrected chi connectivity index (χ2v) is 6.38. The smallest absolute Gasteiger partial charge is 0.347 e. The number of carbonyl (C=O) groups is 3. The van der Waals surface area contributed by atoms with Gasteiger partial charge in [0.15, 0.2) is 0 Å². The first-order chi connectivity index (χ1) is 9.78. The van der Waals surface area contributed by atoms with Gasteiger partial charge in [-0.3, -0.25) is 4.79 Å². The zero-order valence-electron chi connectivity index (χ0n) is 12.2. The van der Waals surface area contributed by atoms with E-state index in [0.29, 0.717) is 12.0 Å². The second kappa shape index (κ2) is 4.41. The van der Waals surface area contributed by atoms with E-state index in [1.54, 1.807) is 6.07 Å². The minimum absolute atomic E-state index is 0.0477. The Hall–Kier alpha value is -2.17. The summed E-state index contributed by atoms with van der Waals surface area (Å²) < 4.78 is 10.1. The van der Waals surface area contributed by atoms with Crippen LogP contribution in [0.5, 0.6) is 0 Å². The van der Waals surface area contributed by atoms with Gasteiger partial charge >= 0.3 is 17.9 Å². The van der Waals surface area contributed by atoms with E-state index in [0.717, 1.165) is 12.0 Å². The summed E-state index contributed by atoms with van der Waals surface area (Å²) in [6, 6.07) is 3.44. The van der Waals surface area contributed by atoms with Gasteiger partial charge in [-0.05, 0) is 29.9 Å². The number of fused-ring (bicyclic) bond motifs is 3. The van der Waals surface area contributed by atoms with Crippen molar-refractivity contribution >= 4 is 17.9 Å². The van der Waals surface area contributed by atoms with Crippen LogP contribution in [0.2, 0.25) is 0 Å². The zero-order valence-corrected chi connectivity index (χ0v) is 12.2. The Bertz CT molecular complexity index is 671. The highest BCUT2D eigenvalue weighted by Crippen LogP contribution is 2.45. The van der Waals surface area contributed by atoms with E-state index in [1.165, 1.54) is 6.92 Å². The highest BCUT2D eigenvalue weighted by Gasteiger charge is 2.41. The first-order valence-corrected chi connectivity index (χ1v) is 6.88. The third-order valence-corrected chi connectivity index (χ3v) is 3.98. The predicted molar refractivity (Wildman–Crippen MR) is 72.8 cm³/mol. The van der Waals surface area contributed by atoms with E-state index >= 15 is 0 Å². The molecule has 3 rings (SSSR count). The molecule has 1 aliphatic heterocycles. The van der Waals surface area contributed by atoms with Gasteiger partial charge in [-0.15, -0.1) is 0 Å². The molecule has 21 heavy (non-hydrogen) atoms. The molecule has 2 aliphatic rings. The van der Waals surface area contributed by atoms with Crippen molar-refractivity contribution in [2.45, 2.75) is 39.7 Å². The molecule has 0 amide bonds. The first-order valence-electron chi connectivity index (χ1n) is 6.88. The molecule has 5 heteroatoms. The van der Waals surface area contributed by atoms with Crippen LogP contribution < -0.4 is 0 Å². The normalized spacial score (nSPS) is 22.3. The van der Waals surface area contributed by atoms with E-state index in [1.807, 2.05) is 6.07 Å². The summed E-state index contributed by atoms with van der Waals surface area (Å²) in [7, 11) is 0. The van der Waals surface area contributed by atoms with Crippen LogP contribution in [0.4, 0.5) is 0 Å². The van der Waals surface area contributed by atoms with Gasteiger partial charge in [-0.25, -0.2) is 9.59 Å². The molecule has 0 bridgehead atoms. The monoisotopic (exact) mass is 288 g/mol. The molecule has 110 valence electrons. The maximum Gasteiger partial charge on any atom is 0.347 e. The van der Waals surface area contributed by atoms with Crippen molar-refractivity contribution in [3.05, 3.63) is 34.4 Å². The summed E-state index contributed by atoms with van der Waals surface area (Å²) in [5.41, 5.74) is 2.05. The number of benzene rings is 1. The van der Waals surface area contributed by atoms with E-state index in [-0.39, 0.29) is 16.5 Å². The van der Waals surface area contributed by atoms with Gasteiger partial charge in [0.1, 0.15) is 6.10 Å². The van der Waals surface area contributed by atoms with Crippen LogP contribution in [0.1, 0.15) is 65.1 Å². The van der Waals surface area contributed by atoms with Gasteiger partial charge in [0.05, 0.1) is 11.1 Å². The number of ether oxygens (including phenoxy) is 2. The van der Waals surface area contributed by atoms with Gasteiger partial charge in [0.2, 0.25) is 0 Å². The Labute approximate surface area is 122 Å². The van der Waals surface area contributed by atoms with Crippen molar-refractivity contribution < 1.29 is 23.9 Å². The fraction of sp³-hybridized carbons (Fsp3) is 0.438. The number of carbonyl (C=O) groups excluding carboxylic acids is 3. The summed E-state index contributed by atoms with van der Waals surface area (Å²) in [5, 5.41) is 0. The second-order valence-electron chi connectivity index (χ2n) is 6.38. The average Bonchev–Trinajstić information content (AvgIpc) is 2.62. The SMILES string of the molecule is CC(=O)OC1CC(C)(C)Cc2ccc3c(c21)C(=O)OC3=O. The van der Waals surface area contributed by atoms with Gasteiger partial charge in [-0.1, -0.05) is 19.9 Å². The van der Waals surface area contributed by atoms with Crippen molar-refractivity contribution in [3.63, 3.8) is 0 Å². The molecule has 1 atom stereocenters. The third kappa shape index (κ3) is 2.22. The summed E-state index contributed by atoms with van der Waals surface area (Å²) >= 11 is 0. The lowest BCUT2D eigenvalue weighted by Crippen LogP contribution is -2.29. The van der Waals surface area contributed by atoms with Crippen molar-refractivity contribution in [3.8, 4) is 0 Å². The Morgan fingerprint density at radius 1 is 1.29 bits per heavy atom. The maximum atomic E-state index is 12.0. The summed E-state index contributed by atoms with van der Waals surface area (Å²) in [6.45, 7) is 5.51. The molecule has 0 spiro atoms. The van der Waals surface area contributed by atoms with Crippen LogP contribution in [-0.2, 0) is 20.7 Å². The van der Waals surface area contributed by atoms with E-state index in [4.69, 9.17) is 4.74 Å². The lowest BCUT2D eigenvalue weighted by Gasteiger charge is -2.37. The molecule has 1 aromatic carbocycles. The predicted octanol–water partition coefficient (Wildman–Crippen LogP) is 2.57. The summed E-state index contributed by atoms with van der Waals surface area (Å²) in [5.74, 6) is -1.69. The molecule has 0 fully saturated rings. The van der Waals surface area contributed by atoms with Crippen LogP contribution in [0.25, 0.3) is 0 Å². The fourth-order valence-electron chi connectivity index (χ4n) is 3.26. The third-order valence-electron chi connectivity index (χ3n) is 3.98. The maximum absolute atomic E-state index is 12.0. The van der Waals surface area contributed by atoms with Gasteiger partial charge in [0.25, 0.3) is 0 Å². The minimum Gasteiger partial charge on any atom is -0.458 e. The largest absolute Gasteiger partial charge is 0.458 e. The number of esters is 3. The number of hydrogen-bond donors (Lipinski definition) is 0. The van der Waals surface area contributed by atoms with Crippen molar-refractivity contribution in [2.24, 2.45) is 5.41 Å². The molecule has 1 heterocycles. The van der Waals surface area contributed by atoms with Gasteiger partial charge in [0, 0.05) is 12.5 Å². The number of rotatable bonds is 1. The van der Waals surface area contributed by atoms with Crippen LogP contribution in [0.15, 0.2) is 12.1 Å². The molecule has 1 aliphatic carbocycles. The topological polar surface area (TPSA) is 69.7 Å². The first kappa shape index (κ1) is 13.8. The molecule has 5 nitrogen and oxygen atoms in total. The van der Waals surface area contributed by atoms with Crippen LogP contribution in [0.3, 0.4) is 0 Å². The molecule has 0 N–H and O–H groups in total. The highest BCUT2D eigenvalue weighted by molar-refractivity contribution is 6.15. The van der Waals surface area contributed by atoms with E-state index in [9.17, 15) is 14.4 Å². The van der Waals surface area contributed by atoms with Crippen molar-refractivity contribution in [2.75, 3.05) is 0 Å². The molecule has 0 saturated carbocycles. The molecular weight excluding hydrogens is 272 g/mol. The Balaban J connectivity index is 2.19. The number of hydrogen-bond acceptors (Lipinski definition) is 5. The number of cyclic esters (lactones) is 2. The quantitative estimate of drug-likeness (QED) is 0.587. The van der Waals surface area contributed by atoms with Crippen molar-refractivity contribution in [1.82, 2.24) is 0 Å². The van der Waals surface area contributed by atoms with Crippen LogP contribution >= 0.6 is 0 Å². The molecule has 1 aromatic rings. The van der Waals surface area contributed by atoms with Crippen LogP contribution in [-0.4, -0.2) is 17.9 Å². The molecule has 1 unspecified atom stereocenters. The lowest BCUT2D eigenvalue weighted by atomic mass is 9.71. The summed E-state index contributed by atoms with van der Waals surface area (Å²) in [6.07, 6.45) is 0.849. The van der Waals surface area contributed by atoms with Gasteiger partial charge < -0.3 is 9.47 Å². The molecule has 0 radical (unpaired) electrons. The molecule has 0 saturated heterocycles. The zero-order chi connectivity index (χ0) is 15.4. The highest BCUT2D eigenvalue weighted by atomic mass is 16.6. The Morgan fingerprint density at radius 2 is 2.00 bits per heavy atom. The Morgan fingerprint density at radius 3 is 2.67 bits per heavy atom. The minimum atomic E-state index is -0.649. The van der Waals surface area contributed by atoms with Crippen LogP contribution in [0, 0.1) is 5.41 Å². The average molecular weight is 288 g/mol. The summed E-state index contributed by atoms with van der Waals surface area (Å²) in [4.78, 5) is 35.0. The standard InChI is InChI=1S/C16H16O5/c1-8(17)20-11-7-16(2,3)6-9-4-5-10-13(12(9)11)15(19)21-14(10)18/h4-5,11H,6-7H2,1-3H3. The lowest BCUT2D eigenvalue weighted by molar-refractivity contribution is -0.148.